The highest BCUT2D eigenvalue weighted by molar-refractivity contribution is 6.14. The average molecular weight is 335 g/mol. The summed E-state index contributed by atoms with van der Waals surface area (Å²) in [7, 11) is 0. The highest BCUT2D eigenvalue weighted by atomic mass is 16.1. The van der Waals surface area contributed by atoms with Crippen molar-refractivity contribution in [2.45, 2.75) is 50.6 Å². The van der Waals surface area contributed by atoms with Crippen molar-refractivity contribution in [3.63, 3.8) is 0 Å². The fourth-order valence-corrected chi connectivity index (χ4v) is 3.74. The van der Waals surface area contributed by atoms with Crippen LogP contribution in [0, 0.1) is 16.7 Å². The molecule has 6 heteroatoms. The summed E-state index contributed by atoms with van der Waals surface area (Å²) in [5.41, 5.74) is 2.37. The Hall–Kier alpha value is -2.81. The largest absolute Gasteiger partial charge is 0.388 e. The lowest BCUT2D eigenvalue weighted by atomic mass is 10.1. The molecule has 2 heterocycles. The van der Waals surface area contributed by atoms with Gasteiger partial charge >= 0.3 is 0 Å². The molecule has 0 radical (unpaired) electrons. The second-order valence-electron chi connectivity index (χ2n) is 6.94. The molecule has 2 fully saturated rings. The molecule has 4 rings (SSSR count). The summed E-state index contributed by atoms with van der Waals surface area (Å²) in [5, 5.41) is 21.1. The molecule has 0 aliphatic heterocycles. The quantitative estimate of drug-likeness (QED) is 0.732. The minimum absolute atomic E-state index is 0.208. The minimum atomic E-state index is -0.208. The van der Waals surface area contributed by atoms with Gasteiger partial charge < -0.3 is 20.3 Å². The standard InChI is InChI=1S/C19H21N5O/c20-7-12(9-22-14-5-6-14)16-11-24(15-3-1-2-4-15)18-13(8-21)10-23-19(25)17(16)18/h7,9-11,14-15,20,22H,1-6H2,(H,23,25)/b12-9+,20-7?. The van der Waals surface area contributed by atoms with E-state index < -0.39 is 0 Å². The third kappa shape index (κ3) is 2.76. The molecule has 0 amide bonds. The van der Waals surface area contributed by atoms with Gasteiger partial charge in [0.15, 0.2) is 0 Å². The lowest BCUT2D eigenvalue weighted by Crippen LogP contribution is -2.11. The van der Waals surface area contributed by atoms with Gasteiger partial charge in [-0.2, -0.15) is 5.26 Å². The van der Waals surface area contributed by atoms with Crippen LogP contribution >= 0.6 is 0 Å². The molecule has 6 nitrogen and oxygen atoms in total. The number of aromatic amines is 1. The Morgan fingerprint density at radius 1 is 1.36 bits per heavy atom. The fraction of sp³-hybridized carbons (Fsp3) is 0.421. The predicted molar refractivity (Wildman–Crippen MR) is 97.7 cm³/mol. The van der Waals surface area contributed by atoms with E-state index in [2.05, 4.69) is 20.9 Å². The van der Waals surface area contributed by atoms with Gasteiger partial charge in [0, 0.05) is 48.0 Å². The van der Waals surface area contributed by atoms with E-state index in [1.165, 1.54) is 25.3 Å². The van der Waals surface area contributed by atoms with Gasteiger partial charge in [-0.25, -0.2) is 0 Å². The van der Waals surface area contributed by atoms with Gasteiger partial charge in [-0.05, 0) is 25.7 Å². The van der Waals surface area contributed by atoms with E-state index in [4.69, 9.17) is 5.41 Å². The molecule has 0 atom stereocenters. The topological polar surface area (TPSA) is 97.5 Å². The molecule has 0 bridgehead atoms. The van der Waals surface area contributed by atoms with Crippen LogP contribution in [0.1, 0.15) is 55.7 Å². The van der Waals surface area contributed by atoms with Gasteiger partial charge in [0.2, 0.25) is 0 Å². The number of nitrogens with one attached hydrogen (secondary N) is 3. The van der Waals surface area contributed by atoms with Crippen LogP contribution in [-0.4, -0.2) is 21.8 Å². The summed E-state index contributed by atoms with van der Waals surface area (Å²) < 4.78 is 2.10. The number of hydrogen-bond donors (Lipinski definition) is 3. The van der Waals surface area contributed by atoms with Crippen LogP contribution in [0.2, 0.25) is 0 Å². The number of nitrogens with zero attached hydrogens (tertiary/aromatic N) is 2. The highest BCUT2D eigenvalue weighted by Crippen LogP contribution is 2.36. The van der Waals surface area contributed by atoms with Crippen molar-refractivity contribution in [1.82, 2.24) is 14.9 Å². The molecule has 0 unspecified atom stereocenters. The Balaban J connectivity index is 1.94. The minimum Gasteiger partial charge on any atom is -0.388 e. The van der Waals surface area contributed by atoms with E-state index in [0.717, 1.165) is 31.2 Å². The molecular formula is C19H21N5O. The number of hydrogen-bond acceptors (Lipinski definition) is 4. The van der Waals surface area contributed by atoms with Crippen molar-refractivity contribution in [3.8, 4) is 6.07 Å². The molecule has 2 aromatic heterocycles. The Kier molecular flexibility index (Phi) is 3.92. The molecule has 0 spiro atoms. The Labute approximate surface area is 145 Å². The first kappa shape index (κ1) is 15.7. The lowest BCUT2D eigenvalue weighted by molar-refractivity contribution is 0.535. The van der Waals surface area contributed by atoms with Crippen LogP contribution in [0.25, 0.3) is 16.5 Å². The van der Waals surface area contributed by atoms with Crippen molar-refractivity contribution in [3.05, 3.63) is 40.1 Å². The first-order valence-electron chi connectivity index (χ1n) is 8.86. The van der Waals surface area contributed by atoms with E-state index in [1.54, 1.807) is 0 Å². The molecule has 2 aliphatic rings. The summed E-state index contributed by atoms with van der Waals surface area (Å²) in [4.78, 5) is 15.2. The van der Waals surface area contributed by atoms with Gasteiger partial charge in [-0.15, -0.1) is 0 Å². The monoisotopic (exact) mass is 335 g/mol. The van der Waals surface area contributed by atoms with Gasteiger partial charge in [0.25, 0.3) is 5.56 Å². The van der Waals surface area contributed by atoms with Crippen LogP contribution < -0.4 is 10.9 Å². The summed E-state index contributed by atoms with van der Waals surface area (Å²) in [6, 6.07) is 3.00. The Morgan fingerprint density at radius 3 is 2.76 bits per heavy atom. The van der Waals surface area contributed by atoms with Gasteiger partial charge in [0.1, 0.15) is 6.07 Å². The van der Waals surface area contributed by atoms with E-state index in [0.29, 0.717) is 34.1 Å². The van der Waals surface area contributed by atoms with Crippen molar-refractivity contribution in [1.29, 1.82) is 10.7 Å². The SMILES string of the molecule is N#Cc1c[nH]c(=O)c2c(/C(C=N)=C/NC3CC3)cn(C3CCCC3)c12. The molecule has 2 aromatic rings. The third-order valence-electron chi connectivity index (χ3n) is 5.22. The number of allylic oxidation sites excluding steroid dienone is 1. The molecule has 0 saturated heterocycles. The van der Waals surface area contributed by atoms with Crippen LogP contribution in [0.5, 0.6) is 0 Å². The number of aromatic nitrogens is 2. The van der Waals surface area contributed by atoms with E-state index in [1.807, 2.05) is 12.4 Å². The van der Waals surface area contributed by atoms with Crippen molar-refractivity contribution in [2.75, 3.05) is 0 Å². The van der Waals surface area contributed by atoms with Crippen molar-refractivity contribution < 1.29 is 0 Å². The molecular weight excluding hydrogens is 314 g/mol. The first-order valence-corrected chi connectivity index (χ1v) is 8.86. The first-order chi connectivity index (χ1) is 12.2. The van der Waals surface area contributed by atoms with Crippen LogP contribution in [0.4, 0.5) is 0 Å². The van der Waals surface area contributed by atoms with Crippen LogP contribution in [0.3, 0.4) is 0 Å². The molecule has 0 aromatic carbocycles. The number of fused-ring (bicyclic) bond motifs is 1. The maximum atomic E-state index is 12.6. The summed E-state index contributed by atoms with van der Waals surface area (Å²) >= 11 is 0. The van der Waals surface area contributed by atoms with Crippen LogP contribution in [0.15, 0.2) is 23.4 Å². The number of pyridine rings is 1. The molecule has 2 aliphatic carbocycles. The summed E-state index contributed by atoms with van der Waals surface area (Å²) in [6.45, 7) is 0. The second kappa shape index (κ2) is 6.25. The normalized spacial score (nSPS) is 18.4. The molecule has 25 heavy (non-hydrogen) atoms. The maximum Gasteiger partial charge on any atom is 0.258 e. The molecule has 2 saturated carbocycles. The zero-order valence-corrected chi connectivity index (χ0v) is 14.0. The van der Waals surface area contributed by atoms with Gasteiger partial charge in [-0.3, -0.25) is 4.79 Å². The predicted octanol–water partition coefficient (Wildman–Crippen LogP) is 3.06. The van der Waals surface area contributed by atoms with E-state index in [-0.39, 0.29) is 5.56 Å². The Morgan fingerprint density at radius 2 is 2.12 bits per heavy atom. The van der Waals surface area contributed by atoms with Crippen molar-refractivity contribution >= 4 is 22.7 Å². The zero-order valence-electron chi connectivity index (χ0n) is 14.0. The number of nitriles is 1. The Bertz CT molecular complexity index is 949. The molecule has 128 valence electrons. The number of H-pyrrole nitrogens is 1. The second-order valence-corrected chi connectivity index (χ2v) is 6.94. The molecule has 3 N–H and O–H groups in total. The lowest BCUT2D eigenvalue weighted by Gasteiger charge is -2.13. The van der Waals surface area contributed by atoms with Crippen molar-refractivity contribution in [2.24, 2.45) is 0 Å². The van der Waals surface area contributed by atoms with E-state index >= 15 is 0 Å². The van der Waals surface area contributed by atoms with Crippen LogP contribution in [-0.2, 0) is 0 Å². The fourth-order valence-electron chi connectivity index (χ4n) is 3.74. The summed E-state index contributed by atoms with van der Waals surface area (Å²) in [5.74, 6) is 0. The smallest absolute Gasteiger partial charge is 0.258 e. The highest BCUT2D eigenvalue weighted by Gasteiger charge is 2.25. The third-order valence-corrected chi connectivity index (χ3v) is 5.22. The van der Waals surface area contributed by atoms with E-state index in [9.17, 15) is 10.1 Å². The maximum absolute atomic E-state index is 12.6. The number of rotatable bonds is 5. The zero-order chi connectivity index (χ0) is 17.4. The van der Waals surface area contributed by atoms with Gasteiger partial charge in [0.05, 0.1) is 16.5 Å². The average Bonchev–Trinajstić information content (AvgIpc) is 3.13. The van der Waals surface area contributed by atoms with Gasteiger partial charge in [-0.1, -0.05) is 12.8 Å². The summed E-state index contributed by atoms with van der Waals surface area (Å²) in [6.07, 6.45) is 13.3.